The number of hydrogen-bond donors (Lipinski definition) is 3. The Morgan fingerprint density at radius 2 is 1.83 bits per heavy atom. The van der Waals surface area contributed by atoms with Gasteiger partial charge in [0.15, 0.2) is 11.5 Å². The molecule has 0 bridgehead atoms. The largest absolute Gasteiger partial charge is 0.491 e. The average Bonchev–Trinajstić information content (AvgIpc) is 2.72. The van der Waals surface area contributed by atoms with Crippen molar-refractivity contribution in [1.82, 2.24) is 4.90 Å². The van der Waals surface area contributed by atoms with Crippen molar-refractivity contribution in [2.24, 2.45) is 0 Å². The summed E-state index contributed by atoms with van der Waals surface area (Å²) in [5.41, 5.74) is 1.66. The zero-order valence-corrected chi connectivity index (χ0v) is 17.6. The number of amides is 1. The third-order valence-electron chi connectivity index (χ3n) is 4.23. The maximum atomic E-state index is 12.4. The zero-order chi connectivity index (χ0) is 22.1. The van der Waals surface area contributed by atoms with Gasteiger partial charge in [-0.3, -0.25) is 4.79 Å². The molecule has 0 radical (unpaired) electrons. The lowest BCUT2D eigenvalue weighted by Crippen LogP contribution is -2.20. The third-order valence-corrected chi connectivity index (χ3v) is 4.23. The SMILES string of the molecule is CNc1ccc(/C=C/C(=O)Nc2ccccc2C(=O)O)c(OCCN(C)C)c1OC. The van der Waals surface area contributed by atoms with Crippen molar-refractivity contribution in [2.45, 2.75) is 0 Å². The van der Waals surface area contributed by atoms with Crippen molar-refractivity contribution < 1.29 is 24.2 Å². The first-order chi connectivity index (χ1) is 14.4. The smallest absolute Gasteiger partial charge is 0.337 e. The number of benzene rings is 2. The molecule has 160 valence electrons. The Morgan fingerprint density at radius 1 is 1.10 bits per heavy atom. The molecule has 0 atom stereocenters. The number of aromatic carboxylic acids is 1. The summed E-state index contributed by atoms with van der Waals surface area (Å²) in [4.78, 5) is 25.7. The summed E-state index contributed by atoms with van der Waals surface area (Å²) in [7, 11) is 7.23. The lowest BCUT2D eigenvalue weighted by Gasteiger charge is -2.18. The van der Waals surface area contributed by atoms with E-state index in [9.17, 15) is 14.7 Å². The molecule has 30 heavy (non-hydrogen) atoms. The second kappa shape index (κ2) is 10.9. The Kier molecular flexibility index (Phi) is 8.25. The summed E-state index contributed by atoms with van der Waals surface area (Å²) in [6.07, 6.45) is 2.93. The molecular formula is C22H27N3O5. The molecule has 0 heterocycles. The van der Waals surface area contributed by atoms with Gasteiger partial charge in [0, 0.05) is 25.2 Å². The predicted octanol–water partition coefficient (Wildman–Crippen LogP) is 3.03. The molecule has 0 fully saturated rings. The van der Waals surface area contributed by atoms with Crippen molar-refractivity contribution >= 4 is 29.3 Å². The monoisotopic (exact) mass is 413 g/mol. The number of ether oxygens (including phenoxy) is 2. The van der Waals surface area contributed by atoms with E-state index in [1.807, 2.05) is 31.1 Å². The number of nitrogens with one attached hydrogen (secondary N) is 2. The van der Waals surface area contributed by atoms with Gasteiger partial charge >= 0.3 is 5.97 Å². The van der Waals surface area contributed by atoms with Crippen LogP contribution in [0.1, 0.15) is 15.9 Å². The number of anilines is 2. The van der Waals surface area contributed by atoms with Gasteiger partial charge in [0.05, 0.1) is 24.0 Å². The van der Waals surface area contributed by atoms with Crippen LogP contribution in [0.4, 0.5) is 11.4 Å². The van der Waals surface area contributed by atoms with Crippen molar-refractivity contribution in [3.05, 3.63) is 53.6 Å². The second-order valence-corrected chi connectivity index (χ2v) is 6.64. The molecule has 8 nitrogen and oxygen atoms in total. The number of nitrogens with zero attached hydrogens (tertiary/aromatic N) is 1. The van der Waals surface area contributed by atoms with Crippen LogP contribution >= 0.6 is 0 Å². The molecule has 2 rings (SSSR count). The molecule has 0 unspecified atom stereocenters. The lowest BCUT2D eigenvalue weighted by molar-refractivity contribution is -0.111. The molecule has 0 spiro atoms. The quantitative estimate of drug-likeness (QED) is 0.515. The molecule has 3 N–H and O–H groups in total. The van der Waals surface area contributed by atoms with E-state index in [-0.39, 0.29) is 11.3 Å². The lowest BCUT2D eigenvalue weighted by atomic mass is 10.1. The van der Waals surface area contributed by atoms with Crippen molar-refractivity contribution in [1.29, 1.82) is 0 Å². The van der Waals surface area contributed by atoms with Gasteiger partial charge in [-0.05, 0) is 44.4 Å². The first-order valence-electron chi connectivity index (χ1n) is 9.35. The molecular weight excluding hydrogens is 386 g/mol. The molecule has 0 saturated carbocycles. The highest BCUT2D eigenvalue weighted by Gasteiger charge is 2.15. The number of hydrogen-bond acceptors (Lipinski definition) is 6. The van der Waals surface area contributed by atoms with Crippen LogP contribution in [0, 0.1) is 0 Å². The van der Waals surface area contributed by atoms with Crippen LogP contribution in [-0.4, -0.2) is 63.3 Å². The maximum Gasteiger partial charge on any atom is 0.337 e. The number of likely N-dealkylation sites (N-methyl/N-ethyl adjacent to an activating group) is 1. The molecule has 0 aliphatic rings. The van der Waals surface area contributed by atoms with Gasteiger partial charge in [-0.25, -0.2) is 4.79 Å². The molecule has 0 aliphatic heterocycles. The fourth-order valence-corrected chi connectivity index (χ4v) is 2.71. The first-order valence-corrected chi connectivity index (χ1v) is 9.35. The number of para-hydroxylation sites is 1. The summed E-state index contributed by atoms with van der Waals surface area (Å²) in [5.74, 6) is -0.519. The van der Waals surface area contributed by atoms with Gasteiger partial charge in [0.25, 0.3) is 0 Å². The Hall–Kier alpha value is -3.52. The summed E-state index contributed by atoms with van der Waals surface area (Å²) in [6.45, 7) is 1.15. The molecule has 0 aliphatic carbocycles. The third kappa shape index (κ3) is 5.99. The molecule has 2 aromatic rings. The second-order valence-electron chi connectivity index (χ2n) is 6.64. The van der Waals surface area contributed by atoms with Gasteiger partial charge in [0.2, 0.25) is 5.91 Å². The highest BCUT2D eigenvalue weighted by atomic mass is 16.5. The van der Waals surface area contributed by atoms with Crippen LogP contribution < -0.4 is 20.1 Å². The van der Waals surface area contributed by atoms with Crippen LogP contribution in [0.25, 0.3) is 6.08 Å². The van der Waals surface area contributed by atoms with Gasteiger partial charge in [-0.15, -0.1) is 0 Å². The van der Waals surface area contributed by atoms with E-state index in [1.54, 1.807) is 32.4 Å². The Balaban J connectivity index is 2.26. The van der Waals surface area contributed by atoms with E-state index in [2.05, 4.69) is 10.6 Å². The number of carbonyl (C=O) groups is 2. The van der Waals surface area contributed by atoms with Gasteiger partial charge < -0.3 is 30.1 Å². The predicted molar refractivity (Wildman–Crippen MR) is 118 cm³/mol. The van der Waals surface area contributed by atoms with Crippen molar-refractivity contribution in [3.8, 4) is 11.5 Å². The van der Waals surface area contributed by atoms with Crippen molar-refractivity contribution in [2.75, 3.05) is 52.0 Å². The van der Waals surface area contributed by atoms with Crippen LogP contribution in [0.5, 0.6) is 11.5 Å². The number of methoxy groups -OCH3 is 1. The highest BCUT2D eigenvalue weighted by molar-refractivity contribution is 6.06. The van der Waals surface area contributed by atoms with E-state index < -0.39 is 11.9 Å². The first kappa shape index (κ1) is 22.8. The minimum absolute atomic E-state index is 0.0204. The minimum atomic E-state index is -1.11. The number of carboxylic acids is 1. The van der Waals surface area contributed by atoms with Gasteiger partial charge in [0.1, 0.15) is 6.61 Å². The van der Waals surface area contributed by atoms with Crippen LogP contribution in [0.3, 0.4) is 0 Å². The van der Waals surface area contributed by atoms with Gasteiger partial charge in [-0.1, -0.05) is 12.1 Å². The van der Waals surface area contributed by atoms with E-state index in [1.165, 1.54) is 18.2 Å². The fourth-order valence-electron chi connectivity index (χ4n) is 2.71. The minimum Gasteiger partial charge on any atom is -0.491 e. The normalized spacial score (nSPS) is 10.8. The Labute approximate surface area is 176 Å². The van der Waals surface area contributed by atoms with E-state index >= 15 is 0 Å². The molecule has 0 saturated heterocycles. The van der Waals surface area contributed by atoms with Crippen LogP contribution in [0.2, 0.25) is 0 Å². The van der Waals surface area contributed by atoms with Crippen molar-refractivity contribution in [3.63, 3.8) is 0 Å². The van der Waals surface area contributed by atoms with Crippen LogP contribution in [-0.2, 0) is 4.79 Å². The zero-order valence-electron chi connectivity index (χ0n) is 17.6. The van der Waals surface area contributed by atoms with Crippen LogP contribution in [0.15, 0.2) is 42.5 Å². The van der Waals surface area contributed by atoms with Gasteiger partial charge in [-0.2, -0.15) is 0 Å². The summed E-state index contributed by atoms with van der Waals surface area (Å²) >= 11 is 0. The standard InChI is InChI=1S/C22H27N3O5/c1-23-18-11-9-15(20(21(18)29-4)30-14-13-25(2)3)10-12-19(26)24-17-8-6-5-7-16(17)22(27)28/h5-12,23H,13-14H2,1-4H3,(H,24,26)(H,27,28)/b12-10+. The Bertz CT molecular complexity index is 925. The molecule has 8 heteroatoms. The Morgan fingerprint density at radius 3 is 2.47 bits per heavy atom. The maximum absolute atomic E-state index is 12.4. The summed E-state index contributed by atoms with van der Waals surface area (Å²) in [5, 5.41) is 14.9. The molecule has 0 aromatic heterocycles. The van der Waals surface area contributed by atoms with E-state index in [0.29, 0.717) is 30.2 Å². The molecule has 1 amide bonds. The number of carbonyl (C=O) groups excluding carboxylic acids is 1. The van der Waals surface area contributed by atoms with E-state index in [0.717, 1.165) is 5.69 Å². The molecule has 2 aromatic carbocycles. The average molecular weight is 413 g/mol. The number of rotatable bonds is 10. The summed E-state index contributed by atoms with van der Waals surface area (Å²) < 4.78 is 11.5. The number of carboxylic acid groups (broad SMARTS) is 1. The summed E-state index contributed by atoms with van der Waals surface area (Å²) in [6, 6.07) is 9.87. The highest BCUT2D eigenvalue weighted by Crippen LogP contribution is 2.39. The topological polar surface area (TPSA) is 100 Å². The van der Waals surface area contributed by atoms with E-state index in [4.69, 9.17) is 9.47 Å². The fraction of sp³-hybridized carbons (Fsp3) is 0.273.